The number of amides is 1. The lowest BCUT2D eigenvalue weighted by Crippen LogP contribution is -2.45. The van der Waals surface area contributed by atoms with Crippen molar-refractivity contribution in [1.29, 1.82) is 0 Å². The van der Waals surface area contributed by atoms with Gasteiger partial charge in [0, 0.05) is 52.6 Å². The molecule has 0 spiro atoms. The summed E-state index contributed by atoms with van der Waals surface area (Å²) in [5, 5.41) is 0.664. The first kappa shape index (κ1) is 22.5. The number of piperidine rings is 1. The lowest BCUT2D eigenvalue weighted by atomic mass is 10.1. The maximum Gasteiger partial charge on any atom is 0.397 e. The number of H-pyrrole nitrogens is 1. The van der Waals surface area contributed by atoms with Crippen LogP contribution in [0.2, 0.25) is 0 Å². The molecular formula is C23H23FIN3O4. The first-order chi connectivity index (χ1) is 15.3. The third kappa shape index (κ3) is 5.21. The van der Waals surface area contributed by atoms with Gasteiger partial charge in [-0.2, -0.15) is 4.39 Å². The van der Waals surface area contributed by atoms with Crippen LogP contribution < -0.4 is 10.5 Å². The molecule has 1 aliphatic heterocycles. The molecule has 9 heteroatoms. The van der Waals surface area contributed by atoms with Gasteiger partial charge in [-0.05, 0) is 42.7 Å². The number of halogens is 2. The maximum atomic E-state index is 14.9. The number of benzene rings is 2. The van der Waals surface area contributed by atoms with Gasteiger partial charge in [-0.3, -0.25) is 4.79 Å². The van der Waals surface area contributed by atoms with E-state index in [0.29, 0.717) is 29.7 Å². The Bertz CT molecular complexity index is 1120. The molecule has 2 heterocycles. The second kappa shape index (κ2) is 9.45. The van der Waals surface area contributed by atoms with Gasteiger partial charge in [0.05, 0.1) is 0 Å². The summed E-state index contributed by atoms with van der Waals surface area (Å²) in [5.74, 6) is -1.12. The summed E-state index contributed by atoms with van der Waals surface area (Å²) in [6.45, 7) is 1.13. The lowest BCUT2D eigenvalue weighted by Gasteiger charge is -2.30. The molecular weight excluding hydrogens is 528 g/mol. The summed E-state index contributed by atoms with van der Waals surface area (Å²) >= 11 is 1.27. The van der Waals surface area contributed by atoms with E-state index in [0.717, 1.165) is 18.4 Å². The summed E-state index contributed by atoms with van der Waals surface area (Å²) in [6.07, 6.45) is 1.78. The smallest absolute Gasteiger partial charge is 0.397 e. The number of aromatic amines is 1. The van der Waals surface area contributed by atoms with Crippen LogP contribution in [0.1, 0.15) is 28.9 Å². The van der Waals surface area contributed by atoms with E-state index in [1.54, 1.807) is 47.4 Å². The van der Waals surface area contributed by atoms with Crippen LogP contribution in [-0.2, 0) is 16.1 Å². The van der Waals surface area contributed by atoms with Crippen molar-refractivity contribution in [1.82, 2.24) is 9.88 Å². The predicted octanol–water partition coefficient (Wildman–Crippen LogP) is 3.91. The zero-order chi connectivity index (χ0) is 22.7. The van der Waals surface area contributed by atoms with E-state index in [4.69, 9.17) is 15.2 Å². The molecule has 0 radical (unpaired) electrons. The van der Waals surface area contributed by atoms with Crippen LogP contribution in [0.5, 0.6) is 5.75 Å². The standard InChI is InChI=1S/C23H23FIN3O4/c24-23(25,22(30)31-14-15-5-2-1-3-6-15)32-18-8-9-19-16(11-18)12-20(27-19)21(29)28-10-4-7-17(26)13-28/h1-3,5-6,8-9,11-12,17,27H,4,7,10,13-14,26H2/t17-,23?/m1/s1. The fourth-order valence-corrected chi connectivity index (χ4v) is 4.06. The van der Waals surface area contributed by atoms with Crippen molar-refractivity contribution in [3.8, 4) is 5.75 Å². The van der Waals surface area contributed by atoms with Crippen LogP contribution in [0.25, 0.3) is 10.9 Å². The first-order valence-electron chi connectivity index (χ1n) is 10.3. The molecule has 1 aliphatic rings. The molecule has 0 saturated carbocycles. The van der Waals surface area contributed by atoms with Crippen molar-refractivity contribution >= 4 is 45.4 Å². The number of esters is 1. The Kier molecular flexibility index (Phi) is 6.66. The Hall–Kier alpha value is -2.66. The minimum atomic E-state index is -2.70. The number of nitrogens with two attached hydrogens (primary N) is 1. The number of hydrogen-bond donors (Lipinski definition) is 2. The maximum absolute atomic E-state index is 14.9. The van der Waals surface area contributed by atoms with E-state index >= 15 is 0 Å². The zero-order valence-corrected chi connectivity index (χ0v) is 19.4. The van der Waals surface area contributed by atoms with Gasteiger partial charge in [0.25, 0.3) is 5.91 Å². The second-order valence-corrected chi connectivity index (χ2v) is 9.15. The Balaban J connectivity index is 1.43. The van der Waals surface area contributed by atoms with Gasteiger partial charge >= 0.3 is 9.83 Å². The topological polar surface area (TPSA) is 97.7 Å². The molecule has 1 aromatic heterocycles. The Morgan fingerprint density at radius 1 is 1.22 bits per heavy atom. The van der Waals surface area contributed by atoms with E-state index < -0.39 is 9.83 Å². The highest BCUT2D eigenvalue weighted by Gasteiger charge is 2.40. The minimum absolute atomic E-state index is 0.0138. The van der Waals surface area contributed by atoms with E-state index in [2.05, 4.69) is 4.98 Å². The summed E-state index contributed by atoms with van der Waals surface area (Å²) in [7, 11) is 0. The van der Waals surface area contributed by atoms with E-state index in [1.807, 2.05) is 6.07 Å². The van der Waals surface area contributed by atoms with Crippen molar-refractivity contribution in [2.24, 2.45) is 5.73 Å². The van der Waals surface area contributed by atoms with Crippen molar-refractivity contribution < 1.29 is 23.5 Å². The summed E-state index contributed by atoms with van der Waals surface area (Å²) < 4.78 is 22.5. The number of alkyl halides is 2. The molecule has 168 valence electrons. The largest absolute Gasteiger partial charge is 0.455 e. The van der Waals surface area contributed by atoms with E-state index in [9.17, 15) is 14.0 Å². The normalized spacial score (nSPS) is 18.2. The second-order valence-electron chi connectivity index (χ2n) is 7.77. The minimum Gasteiger partial charge on any atom is -0.455 e. The van der Waals surface area contributed by atoms with Gasteiger partial charge in [-0.25, -0.2) is 4.79 Å². The molecule has 1 saturated heterocycles. The van der Waals surface area contributed by atoms with Crippen LogP contribution in [0, 0.1) is 0 Å². The summed E-state index contributed by atoms with van der Waals surface area (Å²) in [5.41, 5.74) is 7.85. The fraction of sp³-hybridized carbons (Fsp3) is 0.304. The average molecular weight is 551 g/mol. The van der Waals surface area contributed by atoms with Gasteiger partial charge in [0.2, 0.25) is 0 Å². The van der Waals surface area contributed by atoms with Gasteiger partial charge < -0.3 is 25.1 Å². The molecule has 0 aliphatic carbocycles. The molecule has 3 aromatic rings. The van der Waals surface area contributed by atoms with E-state index in [1.165, 1.54) is 28.7 Å². The summed E-state index contributed by atoms with van der Waals surface area (Å²) in [6, 6.07) is 15.4. The van der Waals surface area contributed by atoms with Gasteiger partial charge in [0.1, 0.15) is 18.1 Å². The zero-order valence-electron chi connectivity index (χ0n) is 17.2. The highest BCUT2D eigenvalue weighted by molar-refractivity contribution is 14.1. The number of nitrogens with one attached hydrogen (secondary N) is 1. The van der Waals surface area contributed by atoms with Crippen LogP contribution >= 0.6 is 22.6 Å². The monoisotopic (exact) mass is 551 g/mol. The summed E-state index contributed by atoms with van der Waals surface area (Å²) in [4.78, 5) is 29.8. The average Bonchev–Trinajstić information content (AvgIpc) is 3.20. The number of aromatic nitrogens is 1. The number of ether oxygens (including phenoxy) is 2. The van der Waals surface area contributed by atoms with Crippen molar-refractivity contribution in [3.63, 3.8) is 0 Å². The molecule has 1 fully saturated rings. The molecule has 2 aromatic carbocycles. The number of rotatable bonds is 6. The predicted molar refractivity (Wildman–Crippen MR) is 126 cm³/mol. The van der Waals surface area contributed by atoms with Crippen LogP contribution in [-0.4, -0.2) is 44.8 Å². The van der Waals surface area contributed by atoms with Crippen LogP contribution in [0.3, 0.4) is 0 Å². The molecule has 32 heavy (non-hydrogen) atoms. The molecule has 7 nitrogen and oxygen atoms in total. The number of fused-ring (bicyclic) bond motifs is 1. The lowest BCUT2D eigenvalue weighted by molar-refractivity contribution is -0.164. The molecule has 3 N–H and O–H groups in total. The fourth-order valence-electron chi connectivity index (χ4n) is 3.65. The first-order valence-corrected chi connectivity index (χ1v) is 11.4. The third-order valence-corrected chi connectivity index (χ3v) is 5.92. The number of likely N-dealkylation sites (tertiary alicyclic amines) is 1. The Labute approximate surface area is 198 Å². The van der Waals surface area contributed by atoms with Gasteiger partial charge in [-0.1, -0.05) is 30.3 Å². The van der Waals surface area contributed by atoms with Gasteiger partial charge in [-0.15, -0.1) is 0 Å². The molecule has 2 atom stereocenters. The molecule has 4 rings (SSSR count). The van der Waals surface area contributed by atoms with Crippen molar-refractivity contribution in [2.75, 3.05) is 13.1 Å². The Morgan fingerprint density at radius 3 is 2.75 bits per heavy atom. The quantitative estimate of drug-likeness (QED) is 0.275. The highest BCUT2D eigenvalue weighted by atomic mass is 127. The highest BCUT2D eigenvalue weighted by Crippen LogP contribution is 2.31. The number of carbonyl (C=O) groups excluding carboxylic acids is 2. The number of hydrogen-bond acceptors (Lipinski definition) is 5. The van der Waals surface area contributed by atoms with Gasteiger partial charge in [0.15, 0.2) is 0 Å². The molecule has 0 bridgehead atoms. The SMILES string of the molecule is N[C@@H]1CCCN(C(=O)c2cc3cc(OC(F)(I)C(=O)OCc4ccccc4)ccc3[nH]2)C1. The van der Waals surface area contributed by atoms with Crippen LogP contribution in [0.4, 0.5) is 4.39 Å². The molecule has 1 unspecified atom stereocenters. The Morgan fingerprint density at radius 2 is 2.00 bits per heavy atom. The number of nitrogens with zero attached hydrogens (tertiary/aromatic N) is 1. The third-order valence-electron chi connectivity index (χ3n) is 5.26. The van der Waals surface area contributed by atoms with Crippen molar-refractivity contribution in [3.05, 3.63) is 65.9 Å². The van der Waals surface area contributed by atoms with E-state index in [-0.39, 0.29) is 24.3 Å². The number of carbonyl (C=O) groups is 2. The van der Waals surface area contributed by atoms with Crippen LogP contribution in [0.15, 0.2) is 54.6 Å². The van der Waals surface area contributed by atoms with Crippen molar-refractivity contribution in [2.45, 2.75) is 29.4 Å². The molecule has 1 amide bonds.